The molecule has 0 fully saturated rings. The molecular formula is C21H28N4O3. The second kappa shape index (κ2) is 9.82. The molecule has 0 amide bonds. The molecule has 0 radical (unpaired) electrons. The van der Waals surface area contributed by atoms with Crippen molar-refractivity contribution in [2.24, 2.45) is 0 Å². The average Bonchev–Trinajstić information content (AvgIpc) is 2.74. The highest BCUT2D eigenvalue weighted by Gasteiger charge is 2.13. The van der Waals surface area contributed by atoms with Crippen molar-refractivity contribution < 1.29 is 14.2 Å². The van der Waals surface area contributed by atoms with Gasteiger partial charge < -0.3 is 24.8 Å². The van der Waals surface area contributed by atoms with Gasteiger partial charge in [-0.15, -0.1) is 0 Å². The highest BCUT2D eigenvalue weighted by atomic mass is 16.5. The Morgan fingerprint density at radius 2 is 1.68 bits per heavy atom. The summed E-state index contributed by atoms with van der Waals surface area (Å²) in [6.45, 7) is 0.868. The Kier molecular flexibility index (Phi) is 6.94. The van der Waals surface area contributed by atoms with E-state index in [2.05, 4.69) is 26.7 Å². The zero-order valence-corrected chi connectivity index (χ0v) is 16.7. The van der Waals surface area contributed by atoms with Crippen molar-refractivity contribution in [3.05, 3.63) is 36.2 Å². The normalized spacial score (nSPS) is 13.5. The number of nitrogens with one attached hydrogen (secondary N) is 2. The zero-order chi connectivity index (χ0) is 19.8. The number of anilines is 3. The first-order valence-electron chi connectivity index (χ1n) is 9.54. The summed E-state index contributed by atoms with van der Waals surface area (Å²) in [5, 5.41) is 6.65. The number of benzene rings is 1. The fourth-order valence-corrected chi connectivity index (χ4v) is 3.31. The summed E-state index contributed by atoms with van der Waals surface area (Å²) in [5.41, 5.74) is 2.33. The van der Waals surface area contributed by atoms with Gasteiger partial charge >= 0.3 is 0 Å². The molecule has 28 heavy (non-hydrogen) atoms. The molecule has 7 heteroatoms. The Bertz CT molecular complexity index is 798. The Balaban J connectivity index is 1.66. The van der Waals surface area contributed by atoms with Crippen LogP contribution < -0.4 is 24.8 Å². The van der Waals surface area contributed by atoms with Gasteiger partial charge in [0.2, 0.25) is 5.75 Å². The molecule has 2 N–H and O–H groups in total. The van der Waals surface area contributed by atoms with Crippen LogP contribution in [-0.2, 0) is 0 Å². The summed E-state index contributed by atoms with van der Waals surface area (Å²) in [4.78, 5) is 8.61. The highest BCUT2D eigenvalue weighted by Crippen LogP contribution is 2.40. The average molecular weight is 384 g/mol. The molecule has 0 atom stereocenters. The Labute approximate surface area is 166 Å². The first-order chi connectivity index (χ1) is 13.7. The number of hydrogen-bond acceptors (Lipinski definition) is 7. The van der Waals surface area contributed by atoms with Crippen molar-refractivity contribution in [3.63, 3.8) is 0 Å². The molecule has 0 saturated heterocycles. The molecule has 7 nitrogen and oxygen atoms in total. The van der Waals surface area contributed by atoms with Gasteiger partial charge in [0.05, 0.1) is 21.3 Å². The monoisotopic (exact) mass is 384 g/mol. The topological polar surface area (TPSA) is 77.5 Å². The Morgan fingerprint density at radius 3 is 2.32 bits per heavy atom. The standard InChI is InChI=1S/C21H28N4O3/c1-26-17-11-16(12-18(27-2)21(17)28-3)25-20-13-19(23-14-24-20)22-10-9-15-7-5-4-6-8-15/h7,11-14H,4-6,8-10H2,1-3H3,(H2,22,23,24,25). The maximum atomic E-state index is 5.40. The van der Waals surface area contributed by atoms with E-state index < -0.39 is 0 Å². The summed E-state index contributed by atoms with van der Waals surface area (Å²) in [6.07, 6.45) is 10.0. The lowest BCUT2D eigenvalue weighted by Gasteiger charge is -2.15. The predicted octanol–water partition coefficient (Wildman–Crippen LogP) is 4.55. The lowest BCUT2D eigenvalue weighted by Crippen LogP contribution is -2.06. The largest absolute Gasteiger partial charge is 0.493 e. The van der Waals surface area contributed by atoms with Crippen molar-refractivity contribution >= 4 is 17.3 Å². The maximum Gasteiger partial charge on any atom is 0.203 e. The van der Waals surface area contributed by atoms with Crippen LogP contribution in [0.25, 0.3) is 0 Å². The van der Waals surface area contributed by atoms with Gasteiger partial charge in [-0.2, -0.15) is 0 Å². The van der Waals surface area contributed by atoms with Crippen LogP contribution in [0.3, 0.4) is 0 Å². The van der Waals surface area contributed by atoms with E-state index in [0.29, 0.717) is 23.1 Å². The SMILES string of the molecule is COc1cc(Nc2cc(NCCC3=CCCCC3)ncn2)cc(OC)c1OC. The minimum Gasteiger partial charge on any atom is -0.493 e. The van der Waals surface area contributed by atoms with Gasteiger partial charge in [-0.1, -0.05) is 11.6 Å². The molecule has 150 valence electrons. The van der Waals surface area contributed by atoms with Gasteiger partial charge in [-0.25, -0.2) is 9.97 Å². The van der Waals surface area contributed by atoms with Crippen molar-refractivity contribution in [3.8, 4) is 17.2 Å². The summed E-state index contributed by atoms with van der Waals surface area (Å²) >= 11 is 0. The van der Waals surface area contributed by atoms with Crippen LogP contribution in [0.4, 0.5) is 17.3 Å². The van der Waals surface area contributed by atoms with Gasteiger partial charge in [0, 0.05) is 30.4 Å². The fraction of sp³-hybridized carbons (Fsp3) is 0.429. The van der Waals surface area contributed by atoms with E-state index >= 15 is 0 Å². The number of nitrogens with zero attached hydrogens (tertiary/aromatic N) is 2. The van der Waals surface area contributed by atoms with Crippen LogP contribution in [0, 0.1) is 0 Å². The molecule has 0 aliphatic heterocycles. The smallest absolute Gasteiger partial charge is 0.203 e. The molecule has 1 aromatic carbocycles. The van der Waals surface area contributed by atoms with E-state index in [0.717, 1.165) is 24.5 Å². The Morgan fingerprint density at radius 1 is 0.929 bits per heavy atom. The van der Waals surface area contributed by atoms with E-state index in [1.165, 1.54) is 25.7 Å². The summed E-state index contributed by atoms with van der Waals surface area (Å²) in [5.74, 6) is 3.19. The third-order valence-corrected chi connectivity index (χ3v) is 4.74. The van der Waals surface area contributed by atoms with Gasteiger partial charge in [-0.05, 0) is 32.1 Å². The van der Waals surface area contributed by atoms with Gasteiger partial charge in [0.25, 0.3) is 0 Å². The molecule has 1 heterocycles. The number of methoxy groups -OCH3 is 3. The molecule has 0 spiro atoms. The van der Waals surface area contributed by atoms with E-state index in [1.54, 1.807) is 33.2 Å². The van der Waals surface area contributed by atoms with Crippen molar-refractivity contribution in [1.82, 2.24) is 9.97 Å². The van der Waals surface area contributed by atoms with E-state index in [-0.39, 0.29) is 0 Å². The Hall–Kier alpha value is -2.96. The van der Waals surface area contributed by atoms with Crippen LogP contribution in [0.2, 0.25) is 0 Å². The third kappa shape index (κ3) is 5.06. The van der Waals surface area contributed by atoms with Crippen molar-refractivity contribution in [2.45, 2.75) is 32.1 Å². The lowest BCUT2D eigenvalue weighted by molar-refractivity contribution is 0.324. The van der Waals surface area contributed by atoms with Crippen molar-refractivity contribution in [2.75, 3.05) is 38.5 Å². The minimum absolute atomic E-state index is 0.553. The minimum atomic E-state index is 0.553. The third-order valence-electron chi connectivity index (χ3n) is 4.74. The van der Waals surface area contributed by atoms with E-state index in [9.17, 15) is 0 Å². The van der Waals surface area contributed by atoms with E-state index in [4.69, 9.17) is 14.2 Å². The molecule has 0 bridgehead atoms. The molecule has 1 aromatic heterocycles. The fourth-order valence-electron chi connectivity index (χ4n) is 3.31. The highest BCUT2D eigenvalue weighted by molar-refractivity contribution is 5.67. The molecule has 0 unspecified atom stereocenters. The quantitative estimate of drug-likeness (QED) is 0.614. The van der Waals surface area contributed by atoms with Crippen LogP contribution in [0.1, 0.15) is 32.1 Å². The molecule has 3 rings (SSSR count). The number of aromatic nitrogens is 2. The van der Waals surface area contributed by atoms with Crippen LogP contribution in [0.5, 0.6) is 17.2 Å². The number of ether oxygens (including phenoxy) is 3. The molecule has 0 saturated carbocycles. The van der Waals surface area contributed by atoms with Gasteiger partial charge in [0.1, 0.15) is 18.0 Å². The summed E-state index contributed by atoms with van der Waals surface area (Å²) in [6, 6.07) is 5.57. The van der Waals surface area contributed by atoms with Crippen LogP contribution in [-0.4, -0.2) is 37.8 Å². The predicted molar refractivity (Wildman–Crippen MR) is 111 cm³/mol. The van der Waals surface area contributed by atoms with Crippen LogP contribution in [0.15, 0.2) is 36.2 Å². The molecule has 2 aromatic rings. The second-order valence-corrected chi connectivity index (χ2v) is 6.61. The molecule has 1 aliphatic carbocycles. The molecule has 1 aliphatic rings. The van der Waals surface area contributed by atoms with E-state index in [1.807, 2.05) is 18.2 Å². The van der Waals surface area contributed by atoms with Crippen molar-refractivity contribution in [1.29, 1.82) is 0 Å². The van der Waals surface area contributed by atoms with Gasteiger partial charge in [0.15, 0.2) is 11.5 Å². The summed E-state index contributed by atoms with van der Waals surface area (Å²) in [7, 11) is 4.77. The van der Waals surface area contributed by atoms with Gasteiger partial charge in [-0.3, -0.25) is 0 Å². The second-order valence-electron chi connectivity index (χ2n) is 6.61. The maximum absolute atomic E-state index is 5.40. The lowest BCUT2D eigenvalue weighted by atomic mass is 9.97. The number of rotatable bonds is 9. The first-order valence-corrected chi connectivity index (χ1v) is 9.54. The summed E-state index contributed by atoms with van der Waals surface area (Å²) < 4.78 is 16.2. The molecular weight excluding hydrogens is 356 g/mol. The number of hydrogen-bond donors (Lipinski definition) is 2. The number of allylic oxidation sites excluding steroid dienone is 1. The first kappa shape index (κ1) is 19.8. The zero-order valence-electron chi connectivity index (χ0n) is 16.7. The van der Waals surface area contributed by atoms with Crippen LogP contribution >= 0.6 is 0 Å².